The van der Waals surface area contributed by atoms with Gasteiger partial charge in [0.25, 0.3) is 0 Å². The third-order valence-corrected chi connectivity index (χ3v) is 5.70. The largest absolute Gasteiger partial charge is 0.465 e. The van der Waals surface area contributed by atoms with Crippen molar-refractivity contribution >= 4 is 39.6 Å². The van der Waals surface area contributed by atoms with Crippen LogP contribution in [0.2, 0.25) is 0 Å². The number of hydrogen-bond acceptors (Lipinski definition) is 4. The predicted octanol–water partition coefficient (Wildman–Crippen LogP) is 5.63. The quantitative estimate of drug-likeness (QED) is 0.408. The molecule has 0 spiro atoms. The van der Waals surface area contributed by atoms with Gasteiger partial charge in [-0.25, -0.2) is 4.79 Å². The fourth-order valence-electron chi connectivity index (χ4n) is 2.95. The molecule has 0 amide bonds. The first-order chi connectivity index (χ1) is 13.4. The summed E-state index contributed by atoms with van der Waals surface area (Å²) in [4.78, 5) is 13.3. The molecule has 2 aromatic rings. The van der Waals surface area contributed by atoms with Gasteiger partial charge in [-0.2, -0.15) is 0 Å². The lowest BCUT2D eigenvalue weighted by Gasteiger charge is -2.17. The first-order valence-electron chi connectivity index (χ1n) is 9.71. The van der Waals surface area contributed by atoms with Crippen LogP contribution in [0.3, 0.4) is 0 Å². The number of anilines is 1. The number of carbonyl (C=O) groups is 1. The Balaban J connectivity index is 2.02. The number of thiophene rings is 1. The number of ether oxygens (including phenoxy) is 1. The van der Waals surface area contributed by atoms with Crippen molar-refractivity contribution in [2.24, 2.45) is 5.92 Å². The summed E-state index contributed by atoms with van der Waals surface area (Å²) < 4.78 is 4.94. The minimum absolute atomic E-state index is 0.282. The third kappa shape index (κ3) is 7.24. The highest BCUT2D eigenvalue weighted by atomic mass is 32.1. The highest BCUT2D eigenvalue weighted by molar-refractivity contribution is 7.80. The Labute approximate surface area is 177 Å². The fourth-order valence-corrected chi connectivity index (χ4v) is 4.40. The second kappa shape index (κ2) is 11.2. The van der Waals surface area contributed by atoms with Gasteiger partial charge in [-0.3, -0.25) is 0 Å². The molecule has 1 aromatic carbocycles. The van der Waals surface area contributed by atoms with E-state index in [0.717, 1.165) is 22.7 Å². The van der Waals surface area contributed by atoms with Crippen LogP contribution in [0, 0.1) is 5.92 Å². The molecule has 152 valence electrons. The molecule has 0 fully saturated rings. The Morgan fingerprint density at radius 3 is 2.54 bits per heavy atom. The molecular weight excluding hydrogens is 388 g/mol. The summed E-state index contributed by atoms with van der Waals surface area (Å²) in [6.45, 7) is 6.61. The number of hydrogen-bond donors (Lipinski definition) is 2. The highest BCUT2D eigenvalue weighted by Gasteiger charge is 2.18. The monoisotopic (exact) mass is 418 g/mol. The zero-order chi connectivity index (χ0) is 20.5. The molecule has 28 heavy (non-hydrogen) atoms. The van der Waals surface area contributed by atoms with E-state index in [1.165, 1.54) is 36.9 Å². The second-order valence-electron chi connectivity index (χ2n) is 7.43. The Kier molecular flexibility index (Phi) is 8.93. The molecule has 0 bridgehead atoms. The summed E-state index contributed by atoms with van der Waals surface area (Å²) >= 11 is 7.00. The highest BCUT2D eigenvalue weighted by Crippen LogP contribution is 2.30. The number of methoxy groups -OCH3 is 1. The first-order valence-corrected chi connectivity index (χ1v) is 10.9. The summed E-state index contributed by atoms with van der Waals surface area (Å²) in [5, 5.41) is 7.78. The van der Waals surface area contributed by atoms with E-state index in [1.54, 1.807) is 0 Å². The van der Waals surface area contributed by atoms with Crippen LogP contribution in [-0.2, 0) is 11.2 Å². The van der Waals surface area contributed by atoms with Crippen LogP contribution in [0.15, 0.2) is 36.4 Å². The zero-order valence-corrected chi connectivity index (χ0v) is 18.7. The molecule has 0 radical (unpaired) electrons. The standard InChI is InChI=1S/C22H30N2O2S2/c1-15(2)9-8-10-16(3)23-22(27)24-20-19(21(25)26-4)14-18(28-20)13-17-11-6-5-7-12-17/h5-7,11-12,14-16H,8-10,13H2,1-4H3,(H2,23,24,27). The van der Waals surface area contributed by atoms with Gasteiger partial charge in [0.2, 0.25) is 0 Å². The average molecular weight is 419 g/mol. The minimum Gasteiger partial charge on any atom is -0.465 e. The maximum atomic E-state index is 12.2. The molecule has 4 nitrogen and oxygen atoms in total. The van der Waals surface area contributed by atoms with Gasteiger partial charge in [-0.15, -0.1) is 11.3 Å². The van der Waals surface area contributed by atoms with E-state index in [4.69, 9.17) is 17.0 Å². The molecule has 1 unspecified atom stereocenters. The van der Waals surface area contributed by atoms with Crippen molar-refractivity contribution in [1.29, 1.82) is 0 Å². The van der Waals surface area contributed by atoms with Gasteiger partial charge in [0.15, 0.2) is 5.11 Å². The van der Waals surface area contributed by atoms with Crippen molar-refractivity contribution in [2.45, 2.75) is 52.5 Å². The first kappa shape index (κ1) is 22.4. The van der Waals surface area contributed by atoms with Crippen LogP contribution >= 0.6 is 23.6 Å². The Hall–Kier alpha value is -1.92. The predicted molar refractivity (Wildman–Crippen MR) is 122 cm³/mol. The summed E-state index contributed by atoms with van der Waals surface area (Å²) in [5.41, 5.74) is 1.72. The molecule has 0 aliphatic heterocycles. The number of benzene rings is 1. The van der Waals surface area contributed by atoms with Gasteiger partial charge >= 0.3 is 5.97 Å². The molecule has 2 rings (SSSR count). The summed E-state index contributed by atoms with van der Waals surface area (Å²) in [7, 11) is 1.40. The number of thiocarbonyl (C=S) groups is 1. The van der Waals surface area contributed by atoms with Crippen LogP contribution < -0.4 is 10.6 Å². The molecule has 2 N–H and O–H groups in total. The summed E-state index contributed by atoms with van der Waals surface area (Å²) in [6.07, 6.45) is 4.21. The van der Waals surface area contributed by atoms with Crippen LogP contribution in [0.1, 0.15) is 60.8 Å². The minimum atomic E-state index is -0.356. The van der Waals surface area contributed by atoms with E-state index >= 15 is 0 Å². The lowest BCUT2D eigenvalue weighted by molar-refractivity contribution is 0.0602. The molecule has 0 saturated heterocycles. The van der Waals surface area contributed by atoms with Crippen molar-refractivity contribution in [3.8, 4) is 0 Å². The molecule has 0 saturated carbocycles. The SMILES string of the molecule is COC(=O)c1cc(Cc2ccccc2)sc1NC(=S)NC(C)CCCC(C)C. The summed E-state index contributed by atoms with van der Waals surface area (Å²) in [6, 6.07) is 12.4. The van der Waals surface area contributed by atoms with Crippen molar-refractivity contribution in [2.75, 3.05) is 12.4 Å². The summed E-state index contributed by atoms with van der Waals surface area (Å²) in [5.74, 6) is 0.361. The van der Waals surface area contributed by atoms with Gasteiger partial charge in [0, 0.05) is 17.3 Å². The zero-order valence-electron chi connectivity index (χ0n) is 17.1. The van der Waals surface area contributed by atoms with E-state index in [-0.39, 0.29) is 12.0 Å². The number of esters is 1. The Morgan fingerprint density at radius 2 is 1.89 bits per heavy atom. The van der Waals surface area contributed by atoms with Gasteiger partial charge in [-0.1, -0.05) is 57.0 Å². The molecule has 1 heterocycles. The van der Waals surface area contributed by atoms with Crippen LogP contribution in [0.25, 0.3) is 0 Å². The van der Waals surface area contributed by atoms with Crippen LogP contribution in [0.4, 0.5) is 5.00 Å². The number of rotatable bonds is 9. The van der Waals surface area contributed by atoms with Crippen molar-refractivity contribution < 1.29 is 9.53 Å². The number of nitrogens with one attached hydrogen (secondary N) is 2. The molecule has 6 heteroatoms. The van der Waals surface area contributed by atoms with E-state index in [0.29, 0.717) is 16.6 Å². The van der Waals surface area contributed by atoms with Crippen LogP contribution in [0.5, 0.6) is 0 Å². The van der Waals surface area contributed by atoms with E-state index in [2.05, 4.69) is 43.5 Å². The van der Waals surface area contributed by atoms with Crippen molar-refractivity contribution in [1.82, 2.24) is 5.32 Å². The second-order valence-corrected chi connectivity index (χ2v) is 8.98. The Bertz CT molecular complexity index is 772. The molecular formula is C22H30N2O2S2. The van der Waals surface area contributed by atoms with E-state index in [1.807, 2.05) is 24.3 Å². The smallest absolute Gasteiger partial charge is 0.340 e. The topological polar surface area (TPSA) is 50.4 Å². The third-order valence-electron chi connectivity index (χ3n) is 4.43. The van der Waals surface area contributed by atoms with Crippen molar-refractivity contribution in [3.63, 3.8) is 0 Å². The maximum Gasteiger partial charge on any atom is 0.340 e. The van der Waals surface area contributed by atoms with E-state index in [9.17, 15) is 4.79 Å². The lowest BCUT2D eigenvalue weighted by atomic mass is 10.0. The van der Waals surface area contributed by atoms with Crippen LogP contribution in [-0.4, -0.2) is 24.2 Å². The van der Waals surface area contributed by atoms with Gasteiger partial charge in [0.05, 0.1) is 12.7 Å². The molecule has 0 aliphatic rings. The Morgan fingerprint density at radius 1 is 1.18 bits per heavy atom. The van der Waals surface area contributed by atoms with Crippen molar-refractivity contribution in [3.05, 3.63) is 52.4 Å². The van der Waals surface area contributed by atoms with Gasteiger partial charge < -0.3 is 15.4 Å². The normalized spacial score (nSPS) is 11.9. The van der Waals surface area contributed by atoms with Gasteiger partial charge in [0.1, 0.15) is 5.00 Å². The molecule has 1 atom stereocenters. The fraction of sp³-hybridized carbons (Fsp3) is 0.455. The lowest BCUT2D eigenvalue weighted by Crippen LogP contribution is -2.36. The molecule has 1 aromatic heterocycles. The van der Waals surface area contributed by atoms with Gasteiger partial charge in [-0.05, 0) is 43.1 Å². The average Bonchev–Trinajstić information content (AvgIpc) is 3.03. The maximum absolute atomic E-state index is 12.2. The molecule has 0 aliphatic carbocycles. The van der Waals surface area contributed by atoms with E-state index < -0.39 is 0 Å². The number of carbonyl (C=O) groups excluding carboxylic acids is 1.